The normalized spacial score (nSPS) is 9.70. The summed E-state index contributed by atoms with van der Waals surface area (Å²) in [5.74, 6) is 5.55. The summed E-state index contributed by atoms with van der Waals surface area (Å²) < 4.78 is 0. The van der Waals surface area contributed by atoms with E-state index in [9.17, 15) is 4.79 Å². The second-order valence-corrected chi connectivity index (χ2v) is 5.24. The molecule has 0 aliphatic heterocycles. The highest BCUT2D eigenvalue weighted by Gasteiger charge is 2.06. The first-order valence-electron chi connectivity index (χ1n) is 5.98. The monoisotopic (exact) mass is 304 g/mol. The van der Waals surface area contributed by atoms with E-state index >= 15 is 0 Å². The van der Waals surface area contributed by atoms with Crippen molar-refractivity contribution in [1.29, 1.82) is 0 Å². The van der Waals surface area contributed by atoms with E-state index < -0.39 is 0 Å². The second-order valence-electron chi connectivity index (χ2n) is 4.06. The summed E-state index contributed by atoms with van der Waals surface area (Å²) in [6.07, 6.45) is 0.357. The Hall–Kier alpha value is -1.80. The standard InChI is InChI=1S/C15H13ClN2OS/c16-14-4-3-13(9-12(14)2-1-6-17)18-15(19)8-11-5-7-20-10-11/h3-5,7,9-10H,6,8,17H2,(H,18,19). The van der Waals surface area contributed by atoms with Crippen molar-refractivity contribution in [3.63, 3.8) is 0 Å². The van der Waals surface area contributed by atoms with Crippen molar-refractivity contribution in [3.8, 4) is 11.8 Å². The number of benzene rings is 1. The van der Waals surface area contributed by atoms with Gasteiger partial charge in [0.15, 0.2) is 0 Å². The van der Waals surface area contributed by atoms with Gasteiger partial charge in [-0.2, -0.15) is 11.3 Å². The predicted molar refractivity (Wildman–Crippen MR) is 84.0 cm³/mol. The highest BCUT2D eigenvalue weighted by atomic mass is 35.5. The smallest absolute Gasteiger partial charge is 0.228 e. The van der Waals surface area contributed by atoms with Gasteiger partial charge in [0.1, 0.15) is 0 Å². The van der Waals surface area contributed by atoms with Crippen LogP contribution in [0.4, 0.5) is 5.69 Å². The van der Waals surface area contributed by atoms with E-state index in [-0.39, 0.29) is 12.5 Å². The van der Waals surface area contributed by atoms with Crippen LogP contribution < -0.4 is 11.1 Å². The first-order valence-corrected chi connectivity index (χ1v) is 7.30. The van der Waals surface area contributed by atoms with Crippen molar-refractivity contribution in [2.24, 2.45) is 5.73 Å². The van der Waals surface area contributed by atoms with E-state index in [1.165, 1.54) is 0 Å². The second kappa shape index (κ2) is 7.11. The number of nitrogens with two attached hydrogens (primary N) is 1. The zero-order chi connectivity index (χ0) is 14.4. The maximum absolute atomic E-state index is 11.9. The fourth-order valence-corrected chi connectivity index (χ4v) is 2.46. The van der Waals surface area contributed by atoms with Crippen LogP contribution in [0.3, 0.4) is 0 Å². The van der Waals surface area contributed by atoms with Gasteiger partial charge < -0.3 is 11.1 Å². The molecule has 1 heterocycles. The third-order valence-corrected chi connectivity index (χ3v) is 3.58. The van der Waals surface area contributed by atoms with Crippen molar-refractivity contribution < 1.29 is 4.79 Å². The molecule has 0 saturated heterocycles. The third kappa shape index (κ3) is 4.10. The van der Waals surface area contributed by atoms with Crippen molar-refractivity contribution in [3.05, 3.63) is 51.2 Å². The van der Waals surface area contributed by atoms with Crippen LogP contribution in [0.1, 0.15) is 11.1 Å². The SMILES string of the molecule is NCC#Cc1cc(NC(=O)Cc2ccsc2)ccc1Cl. The molecule has 2 aromatic rings. The largest absolute Gasteiger partial charge is 0.326 e. The van der Waals surface area contributed by atoms with Crippen LogP contribution in [0.15, 0.2) is 35.0 Å². The molecule has 102 valence electrons. The quantitative estimate of drug-likeness (QED) is 0.857. The van der Waals surface area contributed by atoms with Gasteiger partial charge in [-0.3, -0.25) is 4.79 Å². The molecule has 3 nitrogen and oxygen atoms in total. The molecular formula is C15H13ClN2OS. The Kier molecular flexibility index (Phi) is 5.19. The van der Waals surface area contributed by atoms with Crippen LogP contribution in [0.2, 0.25) is 5.02 Å². The maximum Gasteiger partial charge on any atom is 0.228 e. The molecule has 0 aliphatic rings. The fraction of sp³-hybridized carbons (Fsp3) is 0.133. The van der Waals surface area contributed by atoms with Crippen LogP contribution in [0.25, 0.3) is 0 Å². The van der Waals surface area contributed by atoms with Crippen molar-refractivity contribution >= 4 is 34.5 Å². The molecule has 0 fully saturated rings. The lowest BCUT2D eigenvalue weighted by Gasteiger charge is -2.06. The van der Waals surface area contributed by atoms with Gasteiger partial charge in [-0.1, -0.05) is 23.4 Å². The van der Waals surface area contributed by atoms with Gasteiger partial charge in [-0.15, -0.1) is 0 Å². The highest BCUT2D eigenvalue weighted by molar-refractivity contribution is 7.08. The van der Waals surface area contributed by atoms with Crippen molar-refractivity contribution in [2.45, 2.75) is 6.42 Å². The molecule has 20 heavy (non-hydrogen) atoms. The molecule has 1 aromatic heterocycles. The van der Waals surface area contributed by atoms with Crippen LogP contribution in [-0.2, 0) is 11.2 Å². The lowest BCUT2D eigenvalue weighted by molar-refractivity contribution is -0.115. The van der Waals surface area contributed by atoms with Crippen LogP contribution >= 0.6 is 22.9 Å². The van der Waals surface area contributed by atoms with Crippen molar-refractivity contribution in [1.82, 2.24) is 0 Å². The van der Waals surface area contributed by atoms with Crippen molar-refractivity contribution in [2.75, 3.05) is 11.9 Å². The van der Waals surface area contributed by atoms with Gasteiger partial charge in [-0.05, 0) is 40.6 Å². The highest BCUT2D eigenvalue weighted by Crippen LogP contribution is 2.20. The zero-order valence-corrected chi connectivity index (χ0v) is 12.2. The van der Waals surface area contributed by atoms with E-state index in [1.807, 2.05) is 16.8 Å². The number of amides is 1. The molecule has 1 amide bonds. The first kappa shape index (κ1) is 14.6. The minimum Gasteiger partial charge on any atom is -0.326 e. The summed E-state index contributed by atoms with van der Waals surface area (Å²) in [4.78, 5) is 11.9. The number of carbonyl (C=O) groups excluding carboxylic acids is 1. The average Bonchev–Trinajstić information content (AvgIpc) is 2.92. The summed E-state index contributed by atoms with van der Waals surface area (Å²) >= 11 is 7.60. The minimum atomic E-state index is -0.0662. The molecule has 2 rings (SSSR count). The van der Waals surface area contributed by atoms with E-state index in [0.717, 1.165) is 5.56 Å². The Bertz CT molecular complexity index is 656. The Morgan fingerprint density at radius 3 is 2.95 bits per heavy atom. The number of carbonyl (C=O) groups is 1. The molecule has 0 bridgehead atoms. The van der Waals surface area contributed by atoms with Gasteiger partial charge in [0.25, 0.3) is 0 Å². The van der Waals surface area contributed by atoms with Crippen LogP contribution in [-0.4, -0.2) is 12.5 Å². The molecule has 5 heteroatoms. The Morgan fingerprint density at radius 1 is 1.40 bits per heavy atom. The van der Waals surface area contributed by atoms with Gasteiger partial charge in [0.05, 0.1) is 18.0 Å². The number of hydrogen-bond donors (Lipinski definition) is 2. The Morgan fingerprint density at radius 2 is 2.25 bits per heavy atom. The summed E-state index contributed by atoms with van der Waals surface area (Å²) in [5, 5.41) is 7.28. The molecule has 0 radical (unpaired) electrons. The number of halogens is 1. The zero-order valence-electron chi connectivity index (χ0n) is 10.7. The number of anilines is 1. The molecule has 1 aromatic carbocycles. The van der Waals surface area contributed by atoms with Crippen LogP contribution in [0.5, 0.6) is 0 Å². The molecule has 0 unspecified atom stereocenters. The Balaban J connectivity index is 2.07. The number of thiophene rings is 1. The van der Waals surface area contributed by atoms with E-state index in [0.29, 0.717) is 22.7 Å². The molecule has 0 aliphatic carbocycles. The van der Waals surface area contributed by atoms with Gasteiger partial charge in [-0.25, -0.2) is 0 Å². The molecular weight excluding hydrogens is 292 g/mol. The van der Waals surface area contributed by atoms with E-state index in [4.69, 9.17) is 17.3 Å². The van der Waals surface area contributed by atoms with E-state index in [1.54, 1.807) is 29.5 Å². The van der Waals surface area contributed by atoms with Crippen LogP contribution in [0, 0.1) is 11.8 Å². The molecule has 0 saturated carbocycles. The van der Waals surface area contributed by atoms with Gasteiger partial charge in [0.2, 0.25) is 5.91 Å². The minimum absolute atomic E-state index is 0.0662. The Labute approximate surface area is 126 Å². The number of rotatable bonds is 3. The van der Waals surface area contributed by atoms with Gasteiger partial charge in [0, 0.05) is 11.3 Å². The number of nitrogens with one attached hydrogen (secondary N) is 1. The molecule has 0 atom stereocenters. The first-order chi connectivity index (χ1) is 9.69. The molecule has 3 N–H and O–H groups in total. The fourth-order valence-electron chi connectivity index (χ4n) is 1.63. The lowest BCUT2D eigenvalue weighted by atomic mass is 10.2. The summed E-state index contributed by atoms with van der Waals surface area (Å²) in [6.45, 7) is 0.269. The lowest BCUT2D eigenvalue weighted by Crippen LogP contribution is -2.14. The summed E-state index contributed by atoms with van der Waals surface area (Å²) in [7, 11) is 0. The maximum atomic E-state index is 11.9. The predicted octanol–water partition coefficient (Wildman–Crippen LogP) is 2.89. The third-order valence-electron chi connectivity index (χ3n) is 2.52. The number of hydrogen-bond acceptors (Lipinski definition) is 3. The van der Waals surface area contributed by atoms with Gasteiger partial charge >= 0.3 is 0 Å². The van der Waals surface area contributed by atoms with E-state index in [2.05, 4.69) is 17.2 Å². The summed E-state index contributed by atoms with van der Waals surface area (Å²) in [6, 6.07) is 7.14. The molecule has 0 spiro atoms. The summed E-state index contributed by atoms with van der Waals surface area (Å²) in [5.41, 5.74) is 7.67. The topological polar surface area (TPSA) is 55.1 Å². The average molecular weight is 305 g/mol.